The van der Waals surface area contributed by atoms with Gasteiger partial charge in [0.25, 0.3) is 10.0 Å². The van der Waals surface area contributed by atoms with E-state index in [1.807, 2.05) is 6.92 Å². The first-order chi connectivity index (χ1) is 16.0. The molecule has 0 saturated carbocycles. The van der Waals surface area contributed by atoms with Crippen molar-refractivity contribution in [3.63, 3.8) is 0 Å². The minimum absolute atomic E-state index is 0.0206. The number of carbonyl (C=O) groups is 2. The fourth-order valence-corrected chi connectivity index (χ4v) is 5.11. The predicted molar refractivity (Wildman–Crippen MR) is 134 cm³/mol. The van der Waals surface area contributed by atoms with Crippen molar-refractivity contribution in [2.45, 2.75) is 11.8 Å². The number of halogens is 3. The summed E-state index contributed by atoms with van der Waals surface area (Å²) in [5, 5.41) is 3.08. The first-order valence-corrected chi connectivity index (χ1v) is 12.3. The third kappa shape index (κ3) is 6.01. The molecule has 34 heavy (non-hydrogen) atoms. The monoisotopic (exact) mass is 540 g/mol. The largest absolute Gasteiger partial charge is 0.465 e. The van der Waals surface area contributed by atoms with E-state index in [2.05, 4.69) is 10.1 Å². The summed E-state index contributed by atoms with van der Waals surface area (Å²) in [7, 11) is -2.96. The van der Waals surface area contributed by atoms with Gasteiger partial charge in [0, 0.05) is 10.0 Å². The highest BCUT2D eigenvalue weighted by Gasteiger charge is 2.28. The molecule has 0 radical (unpaired) electrons. The molecule has 0 spiro atoms. The number of amides is 1. The molecule has 0 aliphatic rings. The Morgan fingerprint density at radius 3 is 2.15 bits per heavy atom. The van der Waals surface area contributed by atoms with Crippen LogP contribution in [0.5, 0.6) is 0 Å². The number of hydrogen-bond donors (Lipinski definition) is 1. The molecule has 0 heterocycles. The number of sulfonamides is 1. The van der Waals surface area contributed by atoms with Crippen LogP contribution in [-0.4, -0.2) is 33.9 Å². The highest BCUT2D eigenvalue weighted by atomic mass is 35.5. The zero-order chi connectivity index (χ0) is 25.0. The SMILES string of the molecule is COC(=O)c1ccc(Cl)c(NC(=O)CN(c2cc(Cl)cc(Cl)c2)S(=O)(=O)c2ccc(C)cc2)c1. The van der Waals surface area contributed by atoms with Gasteiger partial charge in [-0.3, -0.25) is 9.10 Å². The smallest absolute Gasteiger partial charge is 0.337 e. The number of nitrogens with one attached hydrogen (secondary N) is 1. The molecule has 0 atom stereocenters. The van der Waals surface area contributed by atoms with Gasteiger partial charge < -0.3 is 10.1 Å². The lowest BCUT2D eigenvalue weighted by atomic mass is 10.2. The van der Waals surface area contributed by atoms with Crippen LogP contribution in [0.15, 0.2) is 65.6 Å². The molecular weight excluding hydrogens is 523 g/mol. The molecule has 7 nitrogen and oxygen atoms in total. The normalized spacial score (nSPS) is 11.1. The van der Waals surface area contributed by atoms with Gasteiger partial charge >= 0.3 is 5.97 Å². The molecule has 178 valence electrons. The number of nitrogens with zero attached hydrogens (tertiary/aromatic N) is 1. The van der Waals surface area contributed by atoms with Crippen LogP contribution in [-0.2, 0) is 19.6 Å². The zero-order valence-corrected chi connectivity index (χ0v) is 21.1. The van der Waals surface area contributed by atoms with Crippen LogP contribution in [0.4, 0.5) is 11.4 Å². The lowest BCUT2D eigenvalue weighted by Crippen LogP contribution is -2.38. The molecule has 0 saturated heterocycles. The Morgan fingerprint density at radius 1 is 0.941 bits per heavy atom. The molecule has 0 bridgehead atoms. The number of carbonyl (C=O) groups excluding carboxylic acids is 2. The van der Waals surface area contributed by atoms with Gasteiger partial charge in [0.05, 0.1) is 34.0 Å². The summed E-state index contributed by atoms with van der Waals surface area (Å²) in [4.78, 5) is 24.7. The number of methoxy groups -OCH3 is 1. The topological polar surface area (TPSA) is 92.8 Å². The number of esters is 1. The molecule has 1 N–H and O–H groups in total. The number of rotatable bonds is 7. The average Bonchev–Trinajstić information content (AvgIpc) is 2.78. The van der Waals surface area contributed by atoms with Crippen LogP contribution in [0, 0.1) is 6.92 Å². The number of hydrogen-bond acceptors (Lipinski definition) is 5. The Kier molecular flexibility index (Phi) is 8.09. The summed E-state index contributed by atoms with van der Waals surface area (Å²) >= 11 is 18.3. The Balaban J connectivity index is 1.99. The molecule has 3 aromatic rings. The van der Waals surface area contributed by atoms with E-state index < -0.39 is 28.4 Å². The molecule has 3 rings (SSSR count). The van der Waals surface area contributed by atoms with Crippen molar-refractivity contribution in [2.24, 2.45) is 0 Å². The second-order valence-corrected chi connectivity index (χ2v) is 10.3. The Hall–Kier alpha value is -2.78. The van der Waals surface area contributed by atoms with Crippen molar-refractivity contribution >= 4 is 68.1 Å². The van der Waals surface area contributed by atoms with Crippen molar-refractivity contribution < 1.29 is 22.7 Å². The van der Waals surface area contributed by atoms with E-state index in [-0.39, 0.29) is 36.9 Å². The number of benzene rings is 3. The minimum Gasteiger partial charge on any atom is -0.465 e. The van der Waals surface area contributed by atoms with Gasteiger partial charge in [-0.25, -0.2) is 13.2 Å². The van der Waals surface area contributed by atoms with E-state index >= 15 is 0 Å². The first kappa shape index (κ1) is 25.8. The van der Waals surface area contributed by atoms with Gasteiger partial charge in [-0.2, -0.15) is 0 Å². The third-order valence-electron chi connectivity index (χ3n) is 4.69. The van der Waals surface area contributed by atoms with Crippen molar-refractivity contribution in [3.8, 4) is 0 Å². The summed E-state index contributed by atoms with van der Waals surface area (Å²) in [5.41, 5.74) is 1.25. The summed E-state index contributed by atoms with van der Waals surface area (Å²) in [6.45, 7) is 1.20. The molecule has 0 aromatic heterocycles. The first-order valence-electron chi connectivity index (χ1n) is 9.74. The van der Waals surface area contributed by atoms with E-state index in [1.165, 1.54) is 55.6 Å². The maximum Gasteiger partial charge on any atom is 0.337 e. The minimum atomic E-state index is -4.18. The van der Waals surface area contributed by atoms with Gasteiger partial charge in [-0.1, -0.05) is 52.5 Å². The van der Waals surface area contributed by atoms with Crippen LogP contribution in [0.3, 0.4) is 0 Å². The molecule has 1 amide bonds. The van der Waals surface area contributed by atoms with Gasteiger partial charge in [0.1, 0.15) is 6.54 Å². The predicted octanol–water partition coefficient (Wildman–Crippen LogP) is 5.58. The Labute approximate surface area is 212 Å². The molecule has 0 fully saturated rings. The van der Waals surface area contributed by atoms with Crippen LogP contribution in [0.2, 0.25) is 15.1 Å². The summed E-state index contributed by atoms with van der Waals surface area (Å²) in [5.74, 6) is -1.33. The third-order valence-corrected chi connectivity index (χ3v) is 7.25. The van der Waals surface area contributed by atoms with E-state index in [1.54, 1.807) is 12.1 Å². The van der Waals surface area contributed by atoms with Crippen LogP contribution >= 0.6 is 34.8 Å². The second kappa shape index (κ2) is 10.7. The highest BCUT2D eigenvalue weighted by molar-refractivity contribution is 7.92. The highest BCUT2D eigenvalue weighted by Crippen LogP contribution is 2.30. The molecule has 3 aromatic carbocycles. The zero-order valence-electron chi connectivity index (χ0n) is 18.0. The average molecular weight is 542 g/mol. The maximum atomic E-state index is 13.5. The summed E-state index contributed by atoms with van der Waals surface area (Å²) < 4.78 is 32.5. The van der Waals surface area contributed by atoms with Gasteiger partial charge in [-0.15, -0.1) is 0 Å². The molecule has 0 aliphatic heterocycles. The van der Waals surface area contributed by atoms with E-state index in [9.17, 15) is 18.0 Å². The van der Waals surface area contributed by atoms with Crippen LogP contribution in [0.25, 0.3) is 0 Å². The number of ether oxygens (including phenoxy) is 1. The van der Waals surface area contributed by atoms with Crippen molar-refractivity contribution in [1.82, 2.24) is 0 Å². The quantitative estimate of drug-likeness (QED) is 0.395. The maximum absolute atomic E-state index is 13.5. The summed E-state index contributed by atoms with van der Waals surface area (Å²) in [6, 6.07) is 14.6. The van der Waals surface area contributed by atoms with E-state index in [0.29, 0.717) is 0 Å². The number of aryl methyl sites for hydroxylation is 1. The Morgan fingerprint density at radius 2 is 1.56 bits per heavy atom. The Bertz CT molecular complexity index is 1320. The molecule has 11 heteroatoms. The van der Waals surface area contributed by atoms with Gasteiger partial charge in [-0.05, 0) is 55.5 Å². The fraction of sp³-hybridized carbons (Fsp3) is 0.130. The summed E-state index contributed by atoms with van der Waals surface area (Å²) in [6.07, 6.45) is 0. The van der Waals surface area contributed by atoms with E-state index in [0.717, 1.165) is 9.87 Å². The number of anilines is 2. The van der Waals surface area contributed by atoms with Crippen LogP contribution < -0.4 is 9.62 Å². The lowest BCUT2D eigenvalue weighted by molar-refractivity contribution is -0.114. The second-order valence-electron chi connectivity index (χ2n) is 7.19. The van der Waals surface area contributed by atoms with Gasteiger partial charge in [0.15, 0.2) is 0 Å². The molecular formula is C23H19Cl3N2O5S. The van der Waals surface area contributed by atoms with Crippen molar-refractivity contribution in [1.29, 1.82) is 0 Å². The lowest BCUT2D eigenvalue weighted by Gasteiger charge is -2.24. The molecule has 0 unspecified atom stereocenters. The van der Waals surface area contributed by atoms with Crippen molar-refractivity contribution in [2.75, 3.05) is 23.3 Å². The standard InChI is InChI=1S/C23H19Cl3N2O5S/c1-14-3-6-19(7-4-14)34(31,32)28(18-11-16(24)10-17(25)12-18)13-22(29)27-21-9-15(23(30)33-2)5-8-20(21)26/h3-12H,13H2,1-2H3,(H,27,29). The van der Waals surface area contributed by atoms with Gasteiger partial charge in [0.2, 0.25) is 5.91 Å². The van der Waals surface area contributed by atoms with Crippen molar-refractivity contribution in [3.05, 3.63) is 86.9 Å². The fourth-order valence-electron chi connectivity index (χ4n) is 3.02. The van der Waals surface area contributed by atoms with Crippen LogP contribution in [0.1, 0.15) is 15.9 Å². The van der Waals surface area contributed by atoms with E-state index in [4.69, 9.17) is 34.8 Å². The molecule has 0 aliphatic carbocycles.